The third-order valence-electron chi connectivity index (χ3n) is 2.59. The highest BCUT2D eigenvalue weighted by Crippen LogP contribution is 2.23. The van der Waals surface area contributed by atoms with Crippen LogP contribution in [0.15, 0.2) is 47.5 Å². The monoisotopic (exact) mass is 311 g/mol. The Hall–Kier alpha value is -1.92. The van der Waals surface area contributed by atoms with E-state index in [-0.39, 0.29) is 21.2 Å². The Kier molecular flexibility index (Phi) is 4.06. The van der Waals surface area contributed by atoms with Crippen molar-refractivity contribution in [3.63, 3.8) is 0 Å². The van der Waals surface area contributed by atoms with Gasteiger partial charge in [0.1, 0.15) is 0 Å². The fourth-order valence-corrected chi connectivity index (χ4v) is 3.25. The number of halogens is 1. The number of carboxylic acids is 1. The van der Waals surface area contributed by atoms with Gasteiger partial charge in [-0.3, -0.25) is 4.98 Å². The van der Waals surface area contributed by atoms with Gasteiger partial charge in [0.05, 0.1) is 26.9 Å². The van der Waals surface area contributed by atoms with Crippen molar-refractivity contribution in [2.24, 2.45) is 0 Å². The lowest BCUT2D eigenvalue weighted by molar-refractivity contribution is 0.0697. The summed E-state index contributed by atoms with van der Waals surface area (Å²) >= 11 is 5.77. The molecule has 7 heteroatoms. The molecule has 20 heavy (non-hydrogen) atoms. The molecule has 2 aromatic rings. The number of aromatic carboxylic acids is 1. The lowest BCUT2D eigenvalue weighted by atomic mass is 10.2. The van der Waals surface area contributed by atoms with Crippen LogP contribution in [0.5, 0.6) is 0 Å². The van der Waals surface area contributed by atoms with Crippen LogP contribution in [0, 0.1) is 0 Å². The van der Waals surface area contributed by atoms with Crippen LogP contribution < -0.4 is 0 Å². The van der Waals surface area contributed by atoms with E-state index >= 15 is 0 Å². The SMILES string of the molecule is O=C(O)c1ccc(S(=O)(=O)Cc2ccccn2)cc1Cl. The lowest BCUT2D eigenvalue weighted by Crippen LogP contribution is -2.07. The third kappa shape index (κ3) is 3.15. The highest BCUT2D eigenvalue weighted by Gasteiger charge is 2.19. The Morgan fingerprint density at radius 3 is 2.55 bits per heavy atom. The maximum Gasteiger partial charge on any atom is 0.337 e. The summed E-state index contributed by atoms with van der Waals surface area (Å²) < 4.78 is 24.4. The number of aromatic nitrogens is 1. The second-order valence-electron chi connectivity index (χ2n) is 4.03. The van der Waals surface area contributed by atoms with Gasteiger partial charge >= 0.3 is 5.97 Å². The van der Waals surface area contributed by atoms with Gasteiger partial charge in [-0.25, -0.2) is 13.2 Å². The molecule has 0 radical (unpaired) electrons. The van der Waals surface area contributed by atoms with Gasteiger partial charge in [-0.05, 0) is 30.3 Å². The van der Waals surface area contributed by atoms with E-state index in [0.717, 1.165) is 6.07 Å². The van der Waals surface area contributed by atoms with E-state index in [1.54, 1.807) is 18.2 Å². The number of sulfone groups is 1. The highest BCUT2D eigenvalue weighted by molar-refractivity contribution is 7.90. The summed E-state index contributed by atoms with van der Waals surface area (Å²) in [6, 6.07) is 8.53. The van der Waals surface area contributed by atoms with Crippen molar-refractivity contribution < 1.29 is 18.3 Å². The Labute approximate surface area is 120 Å². The predicted octanol–water partition coefficient (Wildman–Crippen LogP) is 2.41. The molecule has 0 aliphatic heterocycles. The standard InChI is InChI=1S/C13H10ClNO4S/c14-12-7-10(4-5-11(12)13(16)17)20(18,19)8-9-3-1-2-6-15-9/h1-7H,8H2,(H,16,17). The fraction of sp³-hybridized carbons (Fsp3) is 0.0769. The van der Waals surface area contributed by atoms with Crippen LogP contribution in [0.25, 0.3) is 0 Å². The van der Waals surface area contributed by atoms with Crippen molar-refractivity contribution in [2.75, 3.05) is 0 Å². The zero-order chi connectivity index (χ0) is 14.8. The second-order valence-corrected chi connectivity index (χ2v) is 6.42. The van der Waals surface area contributed by atoms with Crippen LogP contribution in [0.1, 0.15) is 16.1 Å². The van der Waals surface area contributed by atoms with Crippen molar-refractivity contribution in [3.8, 4) is 0 Å². The Bertz CT molecular complexity index is 744. The Morgan fingerprint density at radius 1 is 1.25 bits per heavy atom. The molecule has 0 bridgehead atoms. The summed E-state index contributed by atoms with van der Waals surface area (Å²) in [6.07, 6.45) is 1.51. The van der Waals surface area contributed by atoms with Gasteiger partial charge in [-0.15, -0.1) is 0 Å². The quantitative estimate of drug-likeness (QED) is 0.937. The van der Waals surface area contributed by atoms with Crippen LogP contribution >= 0.6 is 11.6 Å². The summed E-state index contributed by atoms with van der Waals surface area (Å²) in [5, 5.41) is 8.74. The molecule has 0 atom stereocenters. The first-order chi connectivity index (χ1) is 9.40. The first kappa shape index (κ1) is 14.5. The first-order valence-corrected chi connectivity index (χ1v) is 7.59. The van der Waals surface area contributed by atoms with Crippen LogP contribution in [0.2, 0.25) is 5.02 Å². The molecule has 1 N–H and O–H groups in total. The Morgan fingerprint density at radius 2 is 2.00 bits per heavy atom. The number of rotatable bonds is 4. The van der Waals surface area contributed by atoms with Gasteiger partial charge in [0.2, 0.25) is 0 Å². The molecule has 0 amide bonds. The van der Waals surface area contributed by atoms with E-state index in [4.69, 9.17) is 16.7 Å². The van der Waals surface area contributed by atoms with E-state index in [0.29, 0.717) is 5.69 Å². The smallest absolute Gasteiger partial charge is 0.337 e. The molecule has 1 heterocycles. The van der Waals surface area contributed by atoms with E-state index < -0.39 is 15.8 Å². The van der Waals surface area contributed by atoms with Crippen molar-refractivity contribution in [1.82, 2.24) is 4.98 Å². The molecule has 1 aromatic heterocycles. The van der Waals surface area contributed by atoms with Crippen LogP contribution in [-0.4, -0.2) is 24.5 Å². The average Bonchev–Trinajstić information content (AvgIpc) is 2.38. The van der Waals surface area contributed by atoms with Crippen LogP contribution in [0.4, 0.5) is 0 Å². The molecular formula is C13H10ClNO4S. The van der Waals surface area contributed by atoms with E-state index in [2.05, 4.69) is 4.98 Å². The minimum Gasteiger partial charge on any atom is -0.478 e. The minimum atomic E-state index is -3.62. The number of carboxylic acid groups (broad SMARTS) is 1. The molecular weight excluding hydrogens is 302 g/mol. The lowest BCUT2D eigenvalue weighted by Gasteiger charge is -2.06. The number of benzene rings is 1. The zero-order valence-corrected chi connectivity index (χ0v) is 11.7. The zero-order valence-electron chi connectivity index (χ0n) is 10.2. The predicted molar refractivity (Wildman–Crippen MR) is 73.5 cm³/mol. The van der Waals surface area contributed by atoms with Crippen LogP contribution in [0.3, 0.4) is 0 Å². The molecule has 5 nitrogen and oxygen atoms in total. The molecule has 0 aliphatic rings. The molecule has 0 unspecified atom stereocenters. The van der Waals surface area contributed by atoms with Gasteiger partial charge < -0.3 is 5.11 Å². The number of hydrogen-bond acceptors (Lipinski definition) is 4. The Balaban J connectivity index is 2.35. The summed E-state index contributed by atoms with van der Waals surface area (Å²) in [5.41, 5.74) is 0.273. The molecule has 1 aromatic carbocycles. The average molecular weight is 312 g/mol. The first-order valence-electron chi connectivity index (χ1n) is 5.55. The van der Waals surface area contributed by atoms with Gasteiger partial charge in [0, 0.05) is 6.20 Å². The maximum atomic E-state index is 12.2. The van der Waals surface area contributed by atoms with Gasteiger partial charge in [0.15, 0.2) is 9.84 Å². The maximum absolute atomic E-state index is 12.2. The fourth-order valence-electron chi connectivity index (χ4n) is 1.62. The molecule has 104 valence electrons. The van der Waals surface area contributed by atoms with Crippen molar-refractivity contribution in [1.29, 1.82) is 0 Å². The minimum absolute atomic E-state index is 0.0295. The summed E-state index contributed by atoms with van der Waals surface area (Å²) in [5.74, 6) is -1.47. The summed E-state index contributed by atoms with van der Waals surface area (Å²) in [4.78, 5) is 14.8. The number of hydrogen-bond donors (Lipinski definition) is 1. The summed E-state index contributed by atoms with van der Waals surface area (Å²) in [7, 11) is -3.62. The molecule has 0 saturated carbocycles. The highest BCUT2D eigenvalue weighted by atomic mass is 35.5. The van der Waals surface area contributed by atoms with Crippen LogP contribution in [-0.2, 0) is 15.6 Å². The van der Waals surface area contributed by atoms with Crippen molar-refractivity contribution in [3.05, 3.63) is 58.9 Å². The van der Waals surface area contributed by atoms with E-state index in [1.807, 2.05) is 0 Å². The van der Waals surface area contributed by atoms with Crippen molar-refractivity contribution in [2.45, 2.75) is 10.6 Å². The van der Waals surface area contributed by atoms with Gasteiger partial charge in [-0.2, -0.15) is 0 Å². The molecule has 0 aliphatic carbocycles. The summed E-state index contributed by atoms with van der Waals surface area (Å²) in [6.45, 7) is 0. The molecule has 0 spiro atoms. The normalized spacial score (nSPS) is 11.2. The van der Waals surface area contributed by atoms with Crippen molar-refractivity contribution >= 4 is 27.4 Å². The second kappa shape index (κ2) is 5.60. The molecule has 2 rings (SSSR count). The number of nitrogens with zero attached hydrogens (tertiary/aromatic N) is 1. The number of carbonyl (C=O) groups is 1. The molecule has 0 saturated heterocycles. The largest absolute Gasteiger partial charge is 0.478 e. The third-order valence-corrected chi connectivity index (χ3v) is 4.55. The van der Waals surface area contributed by atoms with E-state index in [9.17, 15) is 13.2 Å². The topological polar surface area (TPSA) is 84.3 Å². The van der Waals surface area contributed by atoms with E-state index in [1.165, 1.54) is 18.3 Å². The van der Waals surface area contributed by atoms with Gasteiger partial charge in [0.25, 0.3) is 0 Å². The van der Waals surface area contributed by atoms with Gasteiger partial charge in [-0.1, -0.05) is 17.7 Å². The number of pyridine rings is 1. The molecule has 0 fully saturated rings.